The average Bonchev–Trinajstić information content (AvgIpc) is 2.72. The molecule has 2 aliphatic heterocycles. The number of piperidine rings is 1. The first-order valence-electron chi connectivity index (χ1n) is 9.37. The molecule has 3 atom stereocenters. The summed E-state index contributed by atoms with van der Waals surface area (Å²) in [6.07, 6.45) is 3.13. The molecule has 1 fully saturated rings. The third-order valence-corrected chi connectivity index (χ3v) is 5.60. The summed E-state index contributed by atoms with van der Waals surface area (Å²) in [7, 11) is 2.12. The molecule has 0 aromatic heterocycles. The van der Waals surface area contributed by atoms with E-state index in [1.165, 1.54) is 18.5 Å². The Labute approximate surface area is 146 Å². The zero-order valence-corrected chi connectivity index (χ0v) is 15.3. The lowest BCUT2D eigenvalue weighted by Crippen LogP contribution is -2.38. The van der Waals surface area contributed by atoms with Crippen molar-refractivity contribution in [2.75, 3.05) is 43.0 Å². The Morgan fingerprint density at radius 3 is 2.75 bits per heavy atom. The van der Waals surface area contributed by atoms with Crippen LogP contribution in [0.2, 0.25) is 0 Å². The summed E-state index contributed by atoms with van der Waals surface area (Å²) < 4.78 is 0. The summed E-state index contributed by atoms with van der Waals surface area (Å²) in [5, 5.41) is 3.48. The molecule has 4 heteroatoms. The molecule has 0 bridgehead atoms. The van der Waals surface area contributed by atoms with E-state index in [0.29, 0.717) is 24.2 Å². The molecule has 0 spiro atoms. The molecule has 24 heavy (non-hydrogen) atoms. The van der Waals surface area contributed by atoms with E-state index in [4.69, 9.17) is 0 Å². The van der Waals surface area contributed by atoms with Crippen LogP contribution in [0.3, 0.4) is 0 Å². The number of nitrogens with zero attached hydrogens (tertiary/aromatic N) is 2. The first-order valence-corrected chi connectivity index (χ1v) is 9.37. The Hall–Kier alpha value is -1.55. The fourth-order valence-electron chi connectivity index (χ4n) is 4.20. The molecule has 4 nitrogen and oxygen atoms in total. The van der Waals surface area contributed by atoms with Gasteiger partial charge in [-0.05, 0) is 55.8 Å². The van der Waals surface area contributed by atoms with Crippen LogP contribution < -0.4 is 15.1 Å². The van der Waals surface area contributed by atoms with Gasteiger partial charge in [-0.15, -0.1) is 0 Å². The minimum absolute atomic E-state index is 0.280. The number of nitrogens with one attached hydrogen (secondary N) is 1. The molecule has 2 aliphatic rings. The Morgan fingerprint density at radius 1 is 1.29 bits per heavy atom. The van der Waals surface area contributed by atoms with Gasteiger partial charge in [0.1, 0.15) is 0 Å². The zero-order valence-electron chi connectivity index (χ0n) is 15.3. The average molecular weight is 329 g/mol. The minimum atomic E-state index is 0.280. The van der Waals surface area contributed by atoms with Crippen molar-refractivity contribution in [3.8, 4) is 0 Å². The number of anilines is 2. The lowest BCUT2D eigenvalue weighted by Gasteiger charge is -2.30. The van der Waals surface area contributed by atoms with Crippen molar-refractivity contribution in [2.24, 2.45) is 17.8 Å². The monoisotopic (exact) mass is 329 g/mol. The van der Waals surface area contributed by atoms with E-state index in [-0.39, 0.29) is 5.91 Å². The molecule has 0 saturated carbocycles. The normalized spacial score (nSPS) is 25.8. The number of amides is 1. The number of hydrogen-bond donors (Lipinski definition) is 1. The van der Waals surface area contributed by atoms with E-state index < -0.39 is 0 Å². The van der Waals surface area contributed by atoms with Gasteiger partial charge >= 0.3 is 0 Å². The highest BCUT2D eigenvalue weighted by atomic mass is 16.2. The molecular formula is C20H31N3O. The Balaban J connectivity index is 1.76. The van der Waals surface area contributed by atoms with Gasteiger partial charge in [0.15, 0.2) is 0 Å². The van der Waals surface area contributed by atoms with Gasteiger partial charge in [0.2, 0.25) is 5.91 Å². The highest BCUT2D eigenvalue weighted by Gasteiger charge is 2.29. The van der Waals surface area contributed by atoms with Gasteiger partial charge in [0.05, 0.1) is 11.4 Å². The highest BCUT2D eigenvalue weighted by Crippen LogP contribution is 2.34. The molecule has 1 aromatic rings. The molecule has 2 heterocycles. The molecule has 3 unspecified atom stereocenters. The van der Waals surface area contributed by atoms with Gasteiger partial charge in [-0.2, -0.15) is 0 Å². The molecule has 3 rings (SSSR count). The smallest absolute Gasteiger partial charge is 0.227 e. The Kier molecular flexibility index (Phi) is 5.44. The van der Waals surface area contributed by atoms with Crippen molar-refractivity contribution in [1.82, 2.24) is 5.32 Å². The SMILES string of the molecule is CC1CN(C)c2ccccc2N(C(=O)CC(C)C2CCCNC2)C1. The van der Waals surface area contributed by atoms with Crippen molar-refractivity contribution in [2.45, 2.75) is 33.1 Å². The number of fused-ring (bicyclic) bond motifs is 1. The number of rotatable bonds is 3. The fraction of sp³-hybridized carbons (Fsp3) is 0.650. The summed E-state index contributed by atoms with van der Waals surface area (Å²) in [5.41, 5.74) is 2.24. The predicted octanol–water partition coefficient (Wildman–Crippen LogP) is 3.13. The van der Waals surface area contributed by atoms with Crippen LogP contribution in [0, 0.1) is 17.8 Å². The van der Waals surface area contributed by atoms with Crippen LogP contribution in [-0.2, 0) is 4.79 Å². The van der Waals surface area contributed by atoms with Gasteiger partial charge in [-0.3, -0.25) is 4.79 Å². The van der Waals surface area contributed by atoms with Crippen LogP contribution in [0.1, 0.15) is 33.1 Å². The van der Waals surface area contributed by atoms with Crippen molar-refractivity contribution < 1.29 is 4.79 Å². The van der Waals surface area contributed by atoms with E-state index >= 15 is 0 Å². The van der Waals surface area contributed by atoms with Crippen LogP contribution >= 0.6 is 0 Å². The third kappa shape index (κ3) is 3.75. The predicted molar refractivity (Wildman–Crippen MR) is 101 cm³/mol. The third-order valence-electron chi connectivity index (χ3n) is 5.60. The molecular weight excluding hydrogens is 298 g/mol. The van der Waals surface area contributed by atoms with Gasteiger partial charge in [-0.1, -0.05) is 26.0 Å². The summed E-state index contributed by atoms with van der Waals surface area (Å²) in [4.78, 5) is 17.4. The fourth-order valence-corrected chi connectivity index (χ4v) is 4.20. The lowest BCUT2D eigenvalue weighted by molar-refractivity contribution is -0.119. The van der Waals surface area contributed by atoms with Crippen LogP contribution in [0.5, 0.6) is 0 Å². The first kappa shape index (κ1) is 17.3. The minimum Gasteiger partial charge on any atom is -0.373 e. The summed E-state index contributed by atoms with van der Waals surface area (Å²) in [6, 6.07) is 8.32. The number of para-hydroxylation sites is 2. The van der Waals surface area contributed by atoms with Crippen LogP contribution in [0.4, 0.5) is 11.4 Å². The summed E-state index contributed by atoms with van der Waals surface area (Å²) >= 11 is 0. The Morgan fingerprint density at radius 2 is 2.04 bits per heavy atom. The van der Waals surface area contributed by atoms with Gasteiger partial charge in [0.25, 0.3) is 0 Å². The van der Waals surface area contributed by atoms with Gasteiger partial charge < -0.3 is 15.1 Å². The second kappa shape index (κ2) is 7.56. The van der Waals surface area contributed by atoms with Crippen molar-refractivity contribution in [3.63, 3.8) is 0 Å². The maximum atomic E-state index is 13.1. The van der Waals surface area contributed by atoms with E-state index in [2.05, 4.69) is 49.3 Å². The number of benzene rings is 1. The highest BCUT2D eigenvalue weighted by molar-refractivity contribution is 5.97. The zero-order chi connectivity index (χ0) is 17.1. The summed E-state index contributed by atoms with van der Waals surface area (Å²) in [5.74, 6) is 1.82. The van der Waals surface area contributed by atoms with Crippen molar-refractivity contribution in [1.29, 1.82) is 0 Å². The topological polar surface area (TPSA) is 35.6 Å². The van der Waals surface area contributed by atoms with E-state index in [1.807, 2.05) is 11.0 Å². The maximum Gasteiger partial charge on any atom is 0.227 e. The number of carbonyl (C=O) groups is 1. The van der Waals surface area contributed by atoms with E-state index in [0.717, 1.165) is 31.9 Å². The Bertz CT molecular complexity index is 568. The lowest BCUT2D eigenvalue weighted by atomic mass is 9.85. The van der Waals surface area contributed by atoms with Gasteiger partial charge in [0, 0.05) is 26.6 Å². The second-order valence-corrected chi connectivity index (χ2v) is 7.77. The number of hydrogen-bond acceptors (Lipinski definition) is 3. The first-order chi connectivity index (χ1) is 11.6. The molecule has 1 aromatic carbocycles. The molecule has 0 aliphatic carbocycles. The van der Waals surface area contributed by atoms with E-state index in [1.54, 1.807) is 0 Å². The van der Waals surface area contributed by atoms with Gasteiger partial charge in [-0.25, -0.2) is 0 Å². The van der Waals surface area contributed by atoms with Crippen molar-refractivity contribution >= 4 is 17.3 Å². The quantitative estimate of drug-likeness (QED) is 0.925. The molecule has 1 N–H and O–H groups in total. The molecule has 132 valence electrons. The molecule has 0 radical (unpaired) electrons. The standard InChI is InChI=1S/C20H31N3O/c1-15-13-22(3)18-8-4-5-9-19(18)23(14-15)20(24)11-16(2)17-7-6-10-21-12-17/h4-5,8-9,15-17,21H,6-7,10-14H2,1-3H3. The maximum absolute atomic E-state index is 13.1. The second-order valence-electron chi connectivity index (χ2n) is 7.77. The number of carbonyl (C=O) groups excluding carboxylic acids is 1. The molecule has 1 amide bonds. The summed E-state index contributed by atoms with van der Waals surface area (Å²) in [6.45, 7) is 8.47. The van der Waals surface area contributed by atoms with Crippen LogP contribution in [-0.4, -0.2) is 39.1 Å². The molecule has 1 saturated heterocycles. The largest absolute Gasteiger partial charge is 0.373 e. The van der Waals surface area contributed by atoms with E-state index in [9.17, 15) is 4.79 Å². The van der Waals surface area contributed by atoms with Crippen molar-refractivity contribution in [3.05, 3.63) is 24.3 Å². The van der Waals surface area contributed by atoms with Crippen LogP contribution in [0.15, 0.2) is 24.3 Å². The van der Waals surface area contributed by atoms with Crippen LogP contribution in [0.25, 0.3) is 0 Å².